The fourth-order valence-corrected chi connectivity index (χ4v) is 9.27. The number of phenolic OH excluding ortho intramolecular Hbond substituents is 1. The van der Waals surface area contributed by atoms with E-state index in [-0.39, 0.29) is 74.6 Å². The molecule has 0 radical (unpaired) electrons. The van der Waals surface area contributed by atoms with Gasteiger partial charge in [-0.1, -0.05) is 76.6 Å². The van der Waals surface area contributed by atoms with E-state index in [9.17, 15) is 79.4 Å². The highest BCUT2D eigenvalue weighted by Crippen LogP contribution is 2.42. The lowest BCUT2D eigenvalue weighted by atomic mass is 9.96. The average Bonchev–Trinajstić information content (AvgIpc) is 2.61. The zero-order valence-electron chi connectivity index (χ0n) is 48.3. The number of aromatic nitrogens is 2. The topological polar surface area (TPSA) is 407 Å². The summed E-state index contributed by atoms with van der Waals surface area (Å²) in [6.45, 7) is 6.32. The van der Waals surface area contributed by atoms with Crippen LogP contribution in [0.15, 0.2) is 72.1 Å². The average molecular weight is 1240 g/mol. The van der Waals surface area contributed by atoms with Gasteiger partial charge in [-0.3, -0.25) is 48.1 Å². The molecule has 87 heavy (non-hydrogen) atoms. The Morgan fingerprint density at radius 1 is 0.724 bits per heavy atom. The van der Waals surface area contributed by atoms with E-state index in [4.69, 9.17) is 21.9 Å². The first-order chi connectivity index (χ1) is 40.8. The van der Waals surface area contributed by atoms with Crippen molar-refractivity contribution in [1.29, 1.82) is 0 Å². The molecule has 4 rings (SSSR count). The van der Waals surface area contributed by atoms with Gasteiger partial charge in [0.25, 0.3) is 0 Å². The number of aromatic hydroxyl groups is 1. The number of hydrogen-bond acceptors (Lipinski definition) is 14. The number of H-pyrrole nitrogens is 1. The normalized spacial score (nSPS) is 16.1. The van der Waals surface area contributed by atoms with Crippen molar-refractivity contribution >= 4 is 65.1 Å². The number of rotatable bonds is 31. The van der Waals surface area contributed by atoms with E-state index in [1.165, 1.54) is 61.1 Å². The first kappa shape index (κ1) is 70.5. The minimum Gasteiger partial charge on any atom is -0.508 e. The summed E-state index contributed by atoms with van der Waals surface area (Å²) in [5.74, 6) is -17.6. The van der Waals surface area contributed by atoms with Crippen LogP contribution in [-0.4, -0.2) is 159 Å². The van der Waals surface area contributed by atoms with E-state index in [0.717, 1.165) is 11.8 Å². The largest absolute Gasteiger partial charge is 0.508 e. The summed E-state index contributed by atoms with van der Waals surface area (Å²) in [5.41, 5.74) is 17.0. The molecule has 0 aliphatic carbocycles. The summed E-state index contributed by atoms with van der Waals surface area (Å²) in [4.78, 5) is 148. The summed E-state index contributed by atoms with van der Waals surface area (Å²) in [6, 6.07) is -1.63. The second-order valence-electron chi connectivity index (χ2n) is 21.1. The number of phenols is 1. The van der Waals surface area contributed by atoms with Crippen molar-refractivity contribution in [2.75, 3.05) is 13.1 Å². The fraction of sp³-hybridized carbons (Fsp3) is 0.527. The summed E-state index contributed by atoms with van der Waals surface area (Å²) in [6.07, 6.45) is -11.3. The van der Waals surface area contributed by atoms with Crippen LogP contribution in [0, 0.1) is 17.8 Å². The number of imidazole rings is 1. The number of amides is 9. The lowest BCUT2D eigenvalue weighted by molar-refractivity contribution is -0.291. The van der Waals surface area contributed by atoms with Gasteiger partial charge >= 0.3 is 18.3 Å². The van der Waals surface area contributed by atoms with Crippen LogP contribution in [0.25, 0.3) is 0 Å². The maximum atomic E-state index is 14.7. The number of hydrogen-bond donors (Lipinski definition) is 12. The first-order valence-electron chi connectivity index (χ1n) is 27.6. The van der Waals surface area contributed by atoms with Gasteiger partial charge in [0.2, 0.25) is 53.2 Å². The number of aliphatic imine (C=N–C) groups is 1. The number of primary amides is 1. The minimum absolute atomic E-state index is 0.0132. The number of nitrogens with zero attached hydrogens (tertiary/aromatic N) is 3. The van der Waals surface area contributed by atoms with E-state index in [1.54, 1.807) is 39.1 Å². The lowest BCUT2D eigenvalue weighted by Gasteiger charge is -2.33. The molecule has 1 aromatic heterocycles. The van der Waals surface area contributed by atoms with Gasteiger partial charge in [-0.2, -0.15) is 26.3 Å². The molecule has 0 bridgehead atoms. The molecule has 26 nitrogen and oxygen atoms in total. The smallest absolute Gasteiger partial charge is 0.403 e. The second kappa shape index (κ2) is 32.5. The van der Waals surface area contributed by atoms with Crippen molar-refractivity contribution in [2.24, 2.45) is 39.9 Å². The van der Waals surface area contributed by atoms with Gasteiger partial charge in [-0.05, 0) is 60.8 Å². The molecule has 478 valence electrons. The van der Waals surface area contributed by atoms with E-state index >= 15 is 0 Å². The molecule has 2 heterocycles. The Hall–Kier alpha value is -9.00. The minimum atomic E-state index is -6.14. The Morgan fingerprint density at radius 2 is 1.31 bits per heavy atom. The number of nitrogens with two attached hydrogens (primary N) is 3. The van der Waals surface area contributed by atoms with Crippen LogP contribution in [0.1, 0.15) is 90.0 Å². The molecule has 9 amide bonds. The number of guanidine groups is 1. The molecule has 0 saturated carbocycles. The van der Waals surface area contributed by atoms with Crippen LogP contribution >= 0.6 is 0 Å². The quantitative estimate of drug-likeness (QED) is 0.0137. The van der Waals surface area contributed by atoms with Gasteiger partial charge in [-0.15, -0.1) is 0 Å². The summed E-state index contributed by atoms with van der Waals surface area (Å²) in [7, 11) is 0. The number of carbonyl (C=O) groups excluding carboxylic acids is 10. The standard InChI is InChI=1S/C55H74F6N14O12/c1-6-29(4)42(50(84)71-38(23-33-25-65-27-67-33)51(85)75-21-11-15-39(75)48(82)74-43(44(54(56,57)58)55(59,60)61)52(86)87-26-32-12-8-7-9-13-32)73-47(81)36(22-31-16-18-34(77)19-17-31)70-49(83)41(28(2)3)72-45(79)35(14-10-20-66-53(63)64)69-46(80)37(24-40(62)78)68-30(5)76/h7-9,12-13,16-19,25,27-29,35-39,41-44,77H,6,10-11,14-15,20-24,26H2,1-5H3,(H2,62,78)(H,65,67)(H,68,76)(H,69,80)(H,70,83)(H,71,84)(H,72,79)(H,73,81)(H,74,82)(H4,63,64,66)/t29-,35-,36-,37-,38-,39+,41-,42-,43-/m0/s1. The summed E-state index contributed by atoms with van der Waals surface area (Å²) >= 11 is 0. The Balaban J connectivity index is 1.65. The fourth-order valence-electron chi connectivity index (χ4n) is 9.27. The van der Waals surface area contributed by atoms with E-state index in [0.29, 0.717) is 5.56 Å². The molecular formula is C55H74F6N14O12. The first-order valence-corrected chi connectivity index (χ1v) is 27.6. The zero-order chi connectivity index (χ0) is 64.9. The van der Waals surface area contributed by atoms with Crippen LogP contribution < -0.4 is 54.4 Å². The van der Waals surface area contributed by atoms with Crippen molar-refractivity contribution in [3.63, 3.8) is 0 Å². The highest BCUT2D eigenvalue weighted by Gasteiger charge is 2.63. The third-order valence-electron chi connectivity index (χ3n) is 14.0. The molecule has 1 fully saturated rings. The Morgan fingerprint density at radius 3 is 1.87 bits per heavy atom. The number of nitrogens with one attached hydrogen (secondary N) is 8. The van der Waals surface area contributed by atoms with Gasteiger partial charge in [0.05, 0.1) is 12.7 Å². The monoisotopic (exact) mass is 1240 g/mol. The molecule has 1 saturated heterocycles. The number of esters is 1. The van der Waals surface area contributed by atoms with E-state index < -0.39 is 157 Å². The maximum Gasteiger partial charge on any atom is 0.403 e. The maximum absolute atomic E-state index is 14.7. The molecule has 15 N–H and O–H groups in total. The van der Waals surface area contributed by atoms with Crippen LogP contribution in [0.5, 0.6) is 5.75 Å². The number of carbonyl (C=O) groups is 10. The SMILES string of the molecule is CC[C@H](C)[C@H](NC(=O)[C@H](Cc1ccc(O)cc1)NC(=O)[C@@H](NC(=O)[C@H](CCCN=C(N)N)NC(=O)[C@H](CC(N)=O)NC(C)=O)C(C)C)C(=O)N[C@@H](Cc1cnc[nH]1)C(=O)N1CCC[C@@H]1C(=O)N[C@H](C(=O)OCc1ccccc1)C(C(F)(F)F)C(F)(F)F. The molecule has 32 heteroatoms. The molecule has 1 aliphatic rings. The van der Waals surface area contributed by atoms with E-state index in [2.05, 4.69) is 46.9 Å². The Kier molecular flexibility index (Phi) is 26.3. The summed E-state index contributed by atoms with van der Waals surface area (Å²) < 4.78 is 90.4. The van der Waals surface area contributed by atoms with Crippen molar-refractivity contribution < 1.29 is 84.1 Å². The number of benzene rings is 2. The molecule has 1 aliphatic heterocycles. The number of aromatic amines is 1. The number of halogens is 6. The Bertz CT molecular complexity index is 2850. The molecule has 0 unspecified atom stereocenters. The number of likely N-dealkylation sites (tertiary alicyclic amines) is 1. The lowest BCUT2D eigenvalue weighted by Crippen LogP contribution is -2.62. The predicted molar refractivity (Wildman–Crippen MR) is 298 cm³/mol. The molecule has 2 aromatic carbocycles. The van der Waals surface area contributed by atoms with Crippen molar-refractivity contribution in [3.05, 3.63) is 83.9 Å². The highest BCUT2D eigenvalue weighted by atomic mass is 19.4. The summed E-state index contributed by atoms with van der Waals surface area (Å²) in [5, 5.41) is 26.8. The Labute approximate surface area is 496 Å². The van der Waals surface area contributed by atoms with Crippen LogP contribution in [0.2, 0.25) is 0 Å². The third kappa shape index (κ3) is 22.1. The molecule has 3 aromatic rings. The number of ether oxygens (including phenoxy) is 1. The molecule has 0 spiro atoms. The van der Waals surface area contributed by atoms with Gasteiger partial charge in [-0.25, -0.2) is 9.78 Å². The third-order valence-corrected chi connectivity index (χ3v) is 14.0. The van der Waals surface area contributed by atoms with Crippen molar-refractivity contribution in [1.82, 2.24) is 52.1 Å². The zero-order valence-corrected chi connectivity index (χ0v) is 48.3. The van der Waals surface area contributed by atoms with Crippen LogP contribution in [0.4, 0.5) is 26.3 Å². The van der Waals surface area contributed by atoms with Gasteiger partial charge < -0.3 is 74.1 Å². The van der Waals surface area contributed by atoms with E-state index in [1.807, 2.05) is 0 Å². The van der Waals surface area contributed by atoms with Crippen LogP contribution in [-0.2, 0) is 72.1 Å². The predicted octanol–water partition coefficient (Wildman–Crippen LogP) is 0.420. The van der Waals surface area contributed by atoms with Gasteiger partial charge in [0.1, 0.15) is 60.7 Å². The number of alkyl halides is 6. The highest BCUT2D eigenvalue weighted by molar-refractivity contribution is 5.99. The van der Waals surface area contributed by atoms with Crippen LogP contribution in [0.3, 0.4) is 0 Å². The molecular weight excluding hydrogens is 1160 g/mol. The van der Waals surface area contributed by atoms with Gasteiger partial charge in [0.15, 0.2) is 11.9 Å². The van der Waals surface area contributed by atoms with Crippen molar-refractivity contribution in [3.8, 4) is 5.75 Å². The molecule has 9 atom stereocenters. The van der Waals surface area contributed by atoms with Gasteiger partial charge in [0, 0.05) is 44.7 Å². The van der Waals surface area contributed by atoms with Crippen molar-refractivity contribution in [2.45, 2.75) is 153 Å². The second-order valence-corrected chi connectivity index (χ2v) is 21.1.